The van der Waals surface area contributed by atoms with Crippen molar-refractivity contribution in [2.45, 2.75) is 33.1 Å². The molecule has 1 aromatic rings. The summed E-state index contributed by atoms with van der Waals surface area (Å²) in [5, 5.41) is 9.69. The van der Waals surface area contributed by atoms with Crippen LogP contribution >= 0.6 is 11.3 Å². The molecule has 6 heteroatoms. The van der Waals surface area contributed by atoms with Crippen molar-refractivity contribution in [3.05, 3.63) is 16.1 Å². The Morgan fingerprint density at radius 3 is 2.61 bits per heavy atom. The van der Waals surface area contributed by atoms with Gasteiger partial charge in [-0.2, -0.15) is 0 Å². The number of aromatic nitrogens is 1. The van der Waals surface area contributed by atoms with E-state index in [4.69, 9.17) is 5.11 Å². The van der Waals surface area contributed by atoms with Crippen LogP contribution in [-0.2, 0) is 4.79 Å². The monoisotopic (exact) mass is 270 g/mol. The first-order valence-electron chi connectivity index (χ1n) is 5.92. The molecule has 0 aliphatic rings. The summed E-state index contributed by atoms with van der Waals surface area (Å²) >= 11 is 1.34. The summed E-state index contributed by atoms with van der Waals surface area (Å²) in [6.07, 6.45) is 2.27. The van der Waals surface area contributed by atoms with E-state index in [0.717, 1.165) is 11.4 Å². The van der Waals surface area contributed by atoms with E-state index in [1.54, 1.807) is 0 Å². The highest BCUT2D eigenvalue weighted by Gasteiger charge is 2.20. The van der Waals surface area contributed by atoms with Gasteiger partial charge in [0, 0.05) is 12.5 Å². The van der Waals surface area contributed by atoms with Gasteiger partial charge in [0.15, 0.2) is 0 Å². The Morgan fingerprint density at radius 2 is 2.17 bits per heavy atom. The minimum atomic E-state index is -0.995. The van der Waals surface area contributed by atoms with E-state index in [1.165, 1.54) is 22.4 Å². The number of hydrogen-bond donors (Lipinski definition) is 1. The molecule has 1 amide bonds. The van der Waals surface area contributed by atoms with Crippen LogP contribution in [0.1, 0.15) is 47.8 Å². The summed E-state index contributed by atoms with van der Waals surface area (Å²) in [5.74, 6) is -0.968. The predicted octanol–water partition coefficient (Wildman–Crippen LogP) is 2.20. The van der Waals surface area contributed by atoms with Crippen LogP contribution in [0.15, 0.2) is 6.20 Å². The normalized spacial score (nSPS) is 10.7. The lowest BCUT2D eigenvalue weighted by molar-refractivity contribution is -0.137. The van der Waals surface area contributed by atoms with Crippen molar-refractivity contribution in [1.29, 1.82) is 0 Å². The van der Waals surface area contributed by atoms with Crippen molar-refractivity contribution in [1.82, 2.24) is 9.88 Å². The van der Waals surface area contributed by atoms with E-state index in [2.05, 4.69) is 4.98 Å². The second kappa shape index (κ2) is 6.49. The SMILES string of the molecule is CCCN(CC(=O)O)C(=O)c1cnc(C(C)C)s1. The Morgan fingerprint density at radius 1 is 1.50 bits per heavy atom. The summed E-state index contributed by atoms with van der Waals surface area (Å²) in [6, 6.07) is 0. The smallest absolute Gasteiger partial charge is 0.323 e. The quantitative estimate of drug-likeness (QED) is 0.860. The van der Waals surface area contributed by atoms with Gasteiger partial charge >= 0.3 is 5.97 Å². The third kappa shape index (κ3) is 3.80. The number of aliphatic carboxylic acids is 1. The second-order valence-corrected chi connectivity index (χ2v) is 5.40. The second-order valence-electron chi connectivity index (χ2n) is 4.34. The molecule has 100 valence electrons. The van der Waals surface area contributed by atoms with Gasteiger partial charge in [-0.25, -0.2) is 4.98 Å². The van der Waals surface area contributed by atoms with Crippen LogP contribution in [-0.4, -0.2) is 40.0 Å². The molecule has 0 saturated heterocycles. The lowest BCUT2D eigenvalue weighted by atomic mass is 10.2. The van der Waals surface area contributed by atoms with Crippen LogP contribution in [0.5, 0.6) is 0 Å². The maximum absolute atomic E-state index is 12.1. The molecular formula is C12H18N2O3S. The number of carbonyl (C=O) groups excluding carboxylic acids is 1. The van der Waals surface area contributed by atoms with Gasteiger partial charge in [0.05, 0.1) is 11.2 Å². The van der Waals surface area contributed by atoms with Crippen LogP contribution in [0.4, 0.5) is 0 Å². The lowest BCUT2D eigenvalue weighted by Crippen LogP contribution is -2.35. The van der Waals surface area contributed by atoms with E-state index >= 15 is 0 Å². The Balaban J connectivity index is 2.83. The molecule has 18 heavy (non-hydrogen) atoms. The molecule has 0 unspecified atom stereocenters. The maximum Gasteiger partial charge on any atom is 0.323 e. The number of hydrogen-bond acceptors (Lipinski definition) is 4. The van der Waals surface area contributed by atoms with Crippen LogP contribution in [0, 0.1) is 0 Å². The zero-order chi connectivity index (χ0) is 13.7. The standard InChI is InChI=1S/C12H18N2O3S/c1-4-5-14(7-10(15)16)12(17)9-6-13-11(18-9)8(2)3/h6,8H,4-5,7H2,1-3H3,(H,15,16). The molecular weight excluding hydrogens is 252 g/mol. The molecule has 5 nitrogen and oxygen atoms in total. The maximum atomic E-state index is 12.1. The molecule has 0 radical (unpaired) electrons. The summed E-state index contributed by atoms with van der Waals surface area (Å²) in [5.41, 5.74) is 0. The van der Waals surface area contributed by atoms with E-state index in [0.29, 0.717) is 11.4 Å². The summed E-state index contributed by atoms with van der Waals surface area (Å²) < 4.78 is 0. The highest BCUT2D eigenvalue weighted by atomic mass is 32.1. The topological polar surface area (TPSA) is 70.5 Å². The number of carbonyl (C=O) groups is 2. The number of carboxylic acids is 1. The van der Waals surface area contributed by atoms with Crippen molar-refractivity contribution in [3.63, 3.8) is 0 Å². The predicted molar refractivity (Wildman–Crippen MR) is 70.0 cm³/mol. The van der Waals surface area contributed by atoms with Crippen LogP contribution in [0.3, 0.4) is 0 Å². The van der Waals surface area contributed by atoms with Gasteiger partial charge < -0.3 is 10.0 Å². The zero-order valence-corrected chi connectivity index (χ0v) is 11.7. The van der Waals surface area contributed by atoms with Gasteiger partial charge in [0.25, 0.3) is 5.91 Å². The van der Waals surface area contributed by atoms with Gasteiger partial charge in [-0.3, -0.25) is 9.59 Å². The zero-order valence-electron chi connectivity index (χ0n) is 10.8. The van der Waals surface area contributed by atoms with Gasteiger partial charge in [0.2, 0.25) is 0 Å². The molecule has 1 N–H and O–H groups in total. The minimum Gasteiger partial charge on any atom is -0.480 e. The molecule has 0 aromatic carbocycles. The molecule has 0 aliphatic heterocycles. The molecule has 0 spiro atoms. The lowest BCUT2D eigenvalue weighted by Gasteiger charge is -2.18. The summed E-state index contributed by atoms with van der Waals surface area (Å²) in [7, 11) is 0. The van der Waals surface area contributed by atoms with Crippen LogP contribution in [0.2, 0.25) is 0 Å². The van der Waals surface area contributed by atoms with E-state index in [-0.39, 0.29) is 18.4 Å². The van der Waals surface area contributed by atoms with Crippen molar-refractivity contribution in [2.75, 3.05) is 13.1 Å². The van der Waals surface area contributed by atoms with Gasteiger partial charge in [-0.15, -0.1) is 11.3 Å². The Labute approximate surface area is 110 Å². The minimum absolute atomic E-state index is 0.247. The fourth-order valence-corrected chi connectivity index (χ4v) is 2.38. The number of rotatable bonds is 6. The fourth-order valence-electron chi connectivity index (χ4n) is 1.49. The van der Waals surface area contributed by atoms with E-state index < -0.39 is 5.97 Å². The number of carboxylic acid groups (broad SMARTS) is 1. The molecule has 0 aliphatic carbocycles. The Kier molecular flexibility index (Phi) is 5.27. The number of amides is 1. The average molecular weight is 270 g/mol. The van der Waals surface area contributed by atoms with Crippen molar-refractivity contribution >= 4 is 23.2 Å². The number of nitrogens with zero attached hydrogens (tertiary/aromatic N) is 2. The van der Waals surface area contributed by atoms with Crippen molar-refractivity contribution in [2.24, 2.45) is 0 Å². The molecule has 0 bridgehead atoms. The number of thiazole rings is 1. The third-order valence-corrected chi connectivity index (χ3v) is 3.62. The van der Waals surface area contributed by atoms with Gasteiger partial charge in [0.1, 0.15) is 11.4 Å². The van der Waals surface area contributed by atoms with E-state index in [1.807, 2.05) is 20.8 Å². The molecule has 0 saturated carbocycles. The van der Waals surface area contributed by atoms with Crippen molar-refractivity contribution in [3.8, 4) is 0 Å². The van der Waals surface area contributed by atoms with Crippen molar-refractivity contribution < 1.29 is 14.7 Å². The first-order chi connectivity index (χ1) is 8.45. The van der Waals surface area contributed by atoms with Crippen LogP contribution < -0.4 is 0 Å². The first-order valence-corrected chi connectivity index (χ1v) is 6.74. The molecule has 1 aromatic heterocycles. The molecule has 1 heterocycles. The van der Waals surface area contributed by atoms with Gasteiger partial charge in [-0.1, -0.05) is 20.8 Å². The molecule has 1 rings (SSSR count). The highest BCUT2D eigenvalue weighted by molar-refractivity contribution is 7.13. The average Bonchev–Trinajstić information content (AvgIpc) is 2.76. The van der Waals surface area contributed by atoms with E-state index in [9.17, 15) is 9.59 Å². The van der Waals surface area contributed by atoms with Gasteiger partial charge in [-0.05, 0) is 6.42 Å². The summed E-state index contributed by atoms with van der Waals surface area (Å²) in [4.78, 5) is 28.9. The Bertz CT molecular complexity index is 429. The third-order valence-electron chi connectivity index (χ3n) is 2.34. The first kappa shape index (κ1) is 14.6. The Hall–Kier alpha value is -1.43. The molecule has 0 atom stereocenters. The molecule has 0 fully saturated rings. The highest BCUT2D eigenvalue weighted by Crippen LogP contribution is 2.22. The fraction of sp³-hybridized carbons (Fsp3) is 0.583. The summed E-state index contributed by atoms with van der Waals surface area (Å²) in [6.45, 7) is 6.11. The van der Waals surface area contributed by atoms with Crippen LogP contribution in [0.25, 0.3) is 0 Å². The largest absolute Gasteiger partial charge is 0.480 e.